The zero-order chi connectivity index (χ0) is 16.8. The molecule has 1 aromatic carbocycles. The Balaban J connectivity index is 1.74. The lowest BCUT2D eigenvalue weighted by Gasteiger charge is -2.11. The Morgan fingerprint density at radius 2 is 1.08 bits per heavy atom. The van der Waals surface area contributed by atoms with Crippen molar-refractivity contribution in [3.05, 3.63) is 84.4 Å². The van der Waals surface area contributed by atoms with Crippen molar-refractivity contribution in [1.29, 1.82) is 0 Å². The second-order valence-electron chi connectivity index (χ2n) is 4.96. The van der Waals surface area contributed by atoms with E-state index in [0.717, 1.165) is 22.5 Å². The molecule has 0 fully saturated rings. The van der Waals surface area contributed by atoms with Crippen LogP contribution in [0.3, 0.4) is 0 Å². The van der Waals surface area contributed by atoms with Crippen molar-refractivity contribution >= 4 is 45.8 Å². The third-order valence-corrected chi connectivity index (χ3v) is 3.94. The van der Waals surface area contributed by atoms with Crippen molar-refractivity contribution in [3.8, 4) is 0 Å². The topological polar surface area (TPSA) is 49.8 Å². The molecule has 3 rings (SSSR count). The van der Waals surface area contributed by atoms with Crippen LogP contribution in [-0.2, 0) is 0 Å². The summed E-state index contributed by atoms with van der Waals surface area (Å²) < 4.78 is 0. The number of nitrogens with zero attached hydrogens (tertiary/aromatic N) is 2. The number of rotatable bonds is 4. The summed E-state index contributed by atoms with van der Waals surface area (Å²) in [5.41, 5.74) is 3.60. The van der Waals surface area contributed by atoms with E-state index in [1.54, 1.807) is 24.8 Å². The molecule has 0 saturated heterocycles. The molecule has 0 aliphatic heterocycles. The quantitative estimate of drug-likeness (QED) is 0.692. The number of nitrogens with one attached hydrogen (secondary N) is 2. The smallest absolute Gasteiger partial charge is 0.111 e. The Bertz CT molecular complexity index is 782. The van der Waals surface area contributed by atoms with Crippen molar-refractivity contribution in [2.45, 2.75) is 0 Å². The molecular weight excluding hydrogens is 336 g/mol. The minimum absolute atomic E-state index is 0.634. The summed E-state index contributed by atoms with van der Waals surface area (Å²) in [7, 11) is 0. The zero-order valence-corrected chi connectivity index (χ0v) is 14.3. The maximum atomic E-state index is 5.47. The Kier molecular flexibility index (Phi) is 5.20. The molecule has 0 unspecified atom stereocenters. The fourth-order valence-corrected chi connectivity index (χ4v) is 2.57. The highest BCUT2D eigenvalue weighted by atomic mass is 32.1. The second kappa shape index (κ2) is 7.72. The molecule has 0 radical (unpaired) electrons. The molecular formula is C18H14N4S2. The molecule has 0 aliphatic rings. The highest BCUT2D eigenvalue weighted by molar-refractivity contribution is 7.81. The van der Waals surface area contributed by atoms with Crippen LogP contribution in [0, 0.1) is 0 Å². The van der Waals surface area contributed by atoms with Gasteiger partial charge in [-0.25, -0.2) is 0 Å². The van der Waals surface area contributed by atoms with E-state index < -0.39 is 0 Å². The van der Waals surface area contributed by atoms with E-state index in [9.17, 15) is 0 Å². The monoisotopic (exact) mass is 350 g/mol. The molecule has 0 aliphatic carbocycles. The maximum Gasteiger partial charge on any atom is 0.111 e. The first-order valence-electron chi connectivity index (χ1n) is 7.25. The predicted octanol–water partition coefficient (Wildman–Crippen LogP) is 4.05. The second-order valence-corrected chi connectivity index (χ2v) is 5.78. The van der Waals surface area contributed by atoms with Crippen molar-refractivity contribution in [1.82, 2.24) is 9.97 Å². The highest BCUT2D eigenvalue weighted by Gasteiger charge is 2.06. The van der Waals surface area contributed by atoms with Crippen LogP contribution in [0.5, 0.6) is 0 Å². The van der Waals surface area contributed by atoms with Crippen LogP contribution in [0.15, 0.2) is 73.3 Å². The van der Waals surface area contributed by atoms with Gasteiger partial charge >= 0.3 is 0 Å². The molecule has 2 N–H and O–H groups in total. The maximum absolute atomic E-state index is 5.47. The summed E-state index contributed by atoms with van der Waals surface area (Å²) in [6.45, 7) is 0. The fourth-order valence-electron chi connectivity index (χ4n) is 2.08. The molecule has 3 aromatic rings. The SMILES string of the molecule is S=C(Nc1ccncc1)c1cccc(C(=S)Nc2ccncc2)c1. The molecule has 24 heavy (non-hydrogen) atoms. The number of benzene rings is 1. The average Bonchev–Trinajstić information content (AvgIpc) is 2.63. The van der Waals surface area contributed by atoms with E-state index in [2.05, 4.69) is 20.6 Å². The summed E-state index contributed by atoms with van der Waals surface area (Å²) in [5.74, 6) is 0. The van der Waals surface area contributed by atoms with Gasteiger partial charge in [0.15, 0.2) is 0 Å². The largest absolute Gasteiger partial charge is 0.346 e. The standard InChI is InChI=1S/C18H14N4S2/c23-17(21-15-4-8-19-9-5-15)13-2-1-3-14(12-13)18(24)22-16-6-10-20-11-7-16/h1-12H,(H,19,21,23)(H,20,22,24). The molecule has 2 heterocycles. The van der Waals surface area contributed by atoms with Gasteiger partial charge in [0, 0.05) is 47.3 Å². The predicted molar refractivity (Wildman–Crippen MR) is 106 cm³/mol. The third kappa shape index (κ3) is 4.18. The molecule has 4 nitrogen and oxygen atoms in total. The van der Waals surface area contributed by atoms with Crippen LogP contribution >= 0.6 is 24.4 Å². The van der Waals surface area contributed by atoms with Gasteiger partial charge in [-0.05, 0) is 30.3 Å². The lowest BCUT2D eigenvalue weighted by atomic mass is 10.1. The van der Waals surface area contributed by atoms with Crippen LogP contribution in [0.1, 0.15) is 11.1 Å². The van der Waals surface area contributed by atoms with Gasteiger partial charge in [0.2, 0.25) is 0 Å². The van der Waals surface area contributed by atoms with Crippen LogP contribution in [-0.4, -0.2) is 19.9 Å². The summed E-state index contributed by atoms with van der Waals surface area (Å²) >= 11 is 10.9. The Labute approximate surface area is 151 Å². The van der Waals surface area contributed by atoms with E-state index >= 15 is 0 Å². The molecule has 0 saturated carbocycles. The van der Waals surface area contributed by atoms with Gasteiger partial charge < -0.3 is 10.6 Å². The average molecular weight is 350 g/mol. The number of aromatic nitrogens is 2. The number of thiocarbonyl (C=S) groups is 2. The molecule has 0 spiro atoms. The van der Waals surface area contributed by atoms with Gasteiger partial charge in [-0.3, -0.25) is 9.97 Å². The summed E-state index contributed by atoms with van der Waals surface area (Å²) in [6, 6.07) is 15.3. The fraction of sp³-hybridized carbons (Fsp3) is 0. The highest BCUT2D eigenvalue weighted by Crippen LogP contribution is 2.13. The van der Waals surface area contributed by atoms with E-state index in [1.807, 2.05) is 48.5 Å². The number of hydrogen-bond acceptors (Lipinski definition) is 4. The molecule has 0 bridgehead atoms. The molecule has 2 aromatic heterocycles. The van der Waals surface area contributed by atoms with Gasteiger partial charge in [-0.2, -0.15) is 0 Å². The molecule has 0 amide bonds. The Morgan fingerprint density at radius 1 is 0.667 bits per heavy atom. The Hall–Kier alpha value is -2.70. The van der Waals surface area contributed by atoms with Crippen molar-refractivity contribution < 1.29 is 0 Å². The number of pyridine rings is 2. The minimum atomic E-state index is 0.634. The third-order valence-electron chi connectivity index (χ3n) is 3.26. The van der Waals surface area contributed by atoms with Crippen molar-refractivity contribution in [3.63, 3.8) is 0 Å². The molecule has 6 heteroatoms. The van der Waals surface area contributed by atoms with E-state index in [1.165, 1.54) is 0 Å². The molecule has 118 valence electrons. The zero-order valence-electron chi connectivity index (χ0n) is 12.6. The minimum Gasteiger partial charge on any atom is -0.346 e. The van der Waals surface area contributed by atoms with E-state index in [0.29, 0.717) is 9.98 Å². The van der Waals surface area contributed by atoms with E-state index in [-0.39, 0.29) is 0 Å². The lowest BCUT2D eigenvalue weighted by Crippen LogP contribution is -2.14. The first-order valence-corrected chi connectivity index (χ1v) is 8.07. The van der Waals surface area contributed by atoms with Crippen LogP contribution in [0.25, 0.3) is 0 Å². The van der Waals surface area contributed by atoms with Crippen molar-refractivity contribution in [2.24, 2.45) is 0 Å². The summed E-state index contributed by atoms with van der Waals surface area (Å²) in [5, 5.41) is 6.39. The van der Waals surface area contributed by atoms with Gasteiger partial charge in [0.25, 0.3) is 0 Å². The van der Waals surface area contributed by atoms with Crippen LogP contribution < -0.4 is 10.6 Å². The van der Waals surface area contributed by atoms with Gasteiger partial charge in [-0.15, -0.1) is 0 Å². The lowest BCUT2D eigenvalue weighted by molar-refractivity contribution is 1.33. The van der Waals surface area contributed by atoms with Gasteiger partial charge in [0.05, 0.1) is 0 Å². The Morgan fingerprint density at radius 3 is 1.50 bits per heavy atom. The molecule has 0 atom stereocenters. The summed E-state index contributed by atoms with van der Waals surface area (Å²) in [4.78, 5) is 9.25. The van der Waals surface area contributed by atoms with Crippen molar-refractivity contribution in [2.75, 3.05) is 10.6 Å². The number of anilines is 2. The van der Waals surface area contributed by atoms with Crippen LogP contribution in [0.2, 0.25) is 0 Å². The van der Waals surface area contributed by atoms with Crippen LogP contribution in [0.4, 0.5) is 11.4 Å². The van der Waals surface area contributed by atoms with Gasteiger partial charge in [-0.1, -0.05) is 42.6 Å². The first kappa shape index (κ1) is 16.2. The normalized spacial score (nSPS) is 10.0. The number of hydrogen-bond donors (Lipinski definition) is 2. The van der Waals surface area contributed by atoms with Gasteiger partial charge in [0.1, 0.15) is 9.98 Å². The first-order chi connectivity index (χ1) is 11.7. The summed E-state index contributed by atoms with van der Waals surface area (Å²) in [6.07, 6.45) is 6.87. The van der Waals surface area contributed by atoms with E-state index in [4.69, 9.17) is 24.4 Å².